The van der Waals surface area contributed by atoms with Gasteiger partial charge in [0.1, 0.15) is 21.7 Å². The topological polar surface area (TPSA) is 67.2 Å². The summed E-state index contributed by atoms with van der Waals surface area (Å²) in [5, 5.41) is 8.24. The molecule has 0 N–H and O–H groups in total. The monoisotopic (exact) mass is 313 g/mol. The van der Waals surface area contributed by atoms with E-state index in [4.69, 9.17) is 43.9 Å². The van der Waals surface area contributed by atoms with Crippen LogP contribution in [0.25, 0.3) is 0 Å². The number of benzene rings is 1. The Kier molecular flexibility index (Phi) is 4.50. The average molecular weight is 315 g/mol. The van der Waals surface area contributed by atoms with Crippen molar-refractivity contribution in [1.29, 1.82) is 5.26 Å². The van der Waals surface area contributed by atoms with Crippen LogP contribution in [0.3, 0.4) is 0 Å². The molecule has 17 heavy (non-hydrogen) atoms. The largest absolute Gasteiger partial charge is 0.474 e. The fourth-order valence-corrected chi connectivity index (χ4v) is 2.79. The highest BCUT2D eigenvalue weighted by Gasteiger charge is 2.20. The van der Waals surface area contributed by atoms with E-state index in [1.807, 2.05) is 6.07 Å². The summed E-state index contributed by atoms with van der Waals surface area (Å²) in [5.41, 5.74) is 0. The Labute approximate surface area is 113 Å². The Balaban J connectivity index is 3.26. The minimum atomic E-state index is -3.97. The second-order valence-corrected chi connectivity index (χ2v) is 6.31. The highest BCUT2D eigenvalue weighted by molar-refractivity contribution is 8.13. The van der Waals surface area contributed by atoms with Crippen LogP contribution in [-0.4, -0.2) is 14.5 Å². The molecule has 0 aromatic heterocycles. The normalized spacial score (nSPS) is 12.9. The summed E-state index contributed by atoms with van der Waals surface area (Å²) in [6, 6.07) is 4.29. The van der Waals surface area contributed by atoms with E-state index in [0.29, 0.717) is 0 Å². The summed E-state index contributed by atoms with van der Waals surface area (Å²) in [4.78, 5) is -0.303. The second kappa shape index (κ2) is 5.32. The molecule has 0 aliphatic heterocycles. The van der Waals surface area contributed by atoms with Gasteiger partial charge in [-0.25, -0.2) is 8.42 Å². The lowest BCUT2D eigenvalue weighted by atomic mass is 10.3. The van der Waals surface area contributed by atoms with E-state index in [-0.39, 0.29) is 20.7 Å². The van der Waals surface area contributed by atoms with Crippen LogP contribution in [0.5, 0.6) is 5.75 Å². The summed E-state index contributed by atoms with van der Waals surface area (Å²) in [6.07, 6.45) is -0.734. The van der Waals surface area contributed by atoms with Crippen LogP contribution in [0.2, 0.25) is 10.0 Å². The van der Waals surface area contributed by atoms with Gasteiger partial charge in [0.25, 0.3) is 9.05 Å². The van der Waals surface area contributed by atoms with Crippen LogP contribution in [-0.2, 0) is 9.05 Å². The van der Waals surface area contributed by atoms with Gasteiger partial charge in [-0.05, 0) is 19.1 Å². The molecule has 0 heterocycles. The SMILES string of the molecule is CC(C#N)Oc1ccc(S(=O)(=O)Cl)c(Cl)c1Cl. The maximum atomic E-state index is 11.1. The van der Waals surface area contributed by atoms with Gasteiger partial charge in [0.2, 0.25) is 0 Å². The van der Waals surface area contributed by atoms with Crippen LogP contribution in [0.15, 0.2) is 17.0 Å². The van der Waals surface area contributed by atoms with Crippen LogP contribution < -0.4 is 4.74 Å². The lowest BCUT2D eigenvalue weighted by molar-refractivity contribution is 0.276. The molecule has 1 aromatic carbocycles. The average Bonchev–Trinajstić information content (AvgIpc) is 2.22. The predicted molar refractivity (Wildman–Crippen MR) is 65.2 cm³/mol. The Hall–Kier alpha value is -0.670. The fourth-order valence-electron chi connectivity index (χ4n) is 1.01. The minimum absolute atomic E-state index is 0.101. The Bertz CT molecular complexity index is 580. The summed E-state index contributed by atoms with van der Waals surface area (Å²) in [5.74, 6) is 0.120. The zero-order chi connectivity index (χ0) is 13.2. The van der Waals surface area contributed by atoms with Gasteiger partial charge >= 0.3 is 0 Å². The van der Waals surface area contributed by atoms with Crippen LogP contribution >= 0.6 is 33.9 Å². The molecular formula is C9H6Cl3NO3S. The first-order valence-corrected chi connectivity index (χ1v) is 7.33. The van der Waals surface area contributed by atoms with E-state index < -0.39 is 15.2 Å². The van der Waals surface area contributed by atoms with Crippen LogP contribution in [0, 0.1) is 11.3 Å². The van der Waals surface area contributed by atoms with Gasteiger partial charge in [-0.3, -0.25) is 0 Å². The van der Waals surface area contributed by atoms with Crippen LogP contribution in [0.1, 0.15) is 6.92 Å². The zero-order valence-electron chi connectivity index (χ0n) is 8.45. The van der Waals surface area contributed by atoms with Crippen molar-refractivity contribution in [2.75, 3.05) is 0 Å². The summed E-state index contributed by atoms with van der Waals surface area (Å²) < 4.78 is 27.4. The van der Waals surface area contributed by atoms with Gasteiger partial charge in [-0.15, -0.1) is 0 Å². The highest BCUT2D eigenvalue weighted by atomic mass is 35.7. The maximum absolute atomic E-state index is 11.1. The Morgan fingerprint density at radius 1 is 1.35 bits per heavy atom. The third-order valence-electron chi connectivity index (χ3n) is 1.76. The molecule has 0 saturated heterocycles. The van der Waals surface area contributed by atoms with Gasteiger partial charge in [-0.1, -0.05) is 23.2 Å². The van der Waals surface area contributed by atoms with E-state index >= 15 is 0 Å². The number of rotatable bonds is 3. The lowest BCUT2D eigenvalue weighted by Gasteiger charge is -2.11. The Morgan fingerprint density at radius 2 is 1.94 bits per heavy atom. The van der Waals surface area contributed by atoms with Gasteiger partial charge in [-0.2, -0.15) is 5.26 Å². The van der Waals surface area contributed by atoms with Gasteiger partial charge in [0.05, 0.1) is 5.02 Å². The van der Waals surface area contributed by atoms with Crippen molar-refractivity contribution < 1.29 is 13.2 Å². The summed E-state index contributed by atoms with van der Waals surface area (Å²) >= 11 is 11.6. The highest BCUT2D eigenvalue weighted by Crippen LogP contribution is 2.38. The lowest BCUT2D eigenvalue weighted by Crippen LogP contribution is -2.08. The van der Waals surface area contributed by atoms with Crippen molar-refractivity contribution in [2.45, 2.75) is 17.9 Å². The summed E-state index contributed by atoms with van der Waals surface area (Å²) in [6.45, 7) is 1.51. The van der Waals surface area contributed by atoms with Gasteiger partial charge in [0, 0.05) is 10.7 Å². The first-order chi connectivity index (χ1) is 7.77. The molecule has 1 unspecified atom stereocenters. The zero-order valence-corrected chi connectivity index (χ0v) is 11.5. The quantitative estimate of drug-likeness (QED) is 0.803. The van der Waals surface area contributed by atoms with Crippen molar-refractivity contribution >= 4 is 42.9 Å². The predicted octanol–water partition coefficient (Wildman–Crippen LogP) is 3.21. The van der Waals surface area contributed by atoms with E-state index in [1.165, 1.54) is 13.0 Å². The maximum Gasteiger partial charge on any atom is 0.262 e. The molecule has 0 saturated carbocycles. The van der Waals surface area contributed by atoms with Crippen molar-refractivity contribution in [1.82, 2.24) is 0 Å². The minimum Gasteiger partial charge on any atom is -0.474 e. The molecule has 8 heteroatoms. The molecular weight excluding hydrogens is 309 g/mol. The van der Waals surface area contributed by atoms with Crippen molar-refractivity contribution in [3.05, 3.63) is 22.2 Å². The van der Waals surface area contributed by atoms with Gasteiger partial charge < -0.3 is 4.74 Å². The molecule has 0 fully saturated rings. The number of nitriles is 1. The molecule has 1 rings (SSSR count). The number of ether oxygens (including phenoxy) is 1. The molecule has 1 atom stereocenters. The molecule has 0 aliphatic carbocycles. The number of nitrogens with zero attached hydrogens (tertiary/aromatic N) is 1. The molecule has 0 bridgehead atoms. The fraction of sp³-hybridized carbons (Fsp3) is 0.222. The van der Waals surface area contributed by atoms with Crippen molar-refractivity contribution in [3.8, 4) is 11.8 Å². The smallest absolute Gasteiger partial charge is 0.262 e. The molecule has 0 aliphatic rings. The van der Waals surface area contributed by atoms with E-state index in [2.05, 4.69) is 0 Å². The second-order valence-electron chi connectivity index (χ2n) is 3.02. The number of hydrogen-bond acceptors (Lipinski definition) is 4. The molecule has 0 radical (unpaired) electrons. The van der Waals surface area contributed by atoms with Gasteiger partial charge in [0.15, 0.2) is 6.10 Å². The third kappa shape index (κ3) is 3.39. The number of halogens is 3. The molecule has 92 valence electrons. The first kappa shape index (κ1) is 14.4. The van der Waals surface area contributed by atoms with E-state index in [1.54, 1.807) is 0 Å². The van der Waals surface area contributed by atoms with Crippen LogP contribution in [0.4, 0.5) is 0 Å². The standard InChI is InChI=1S/C9H6Cl3NO3S/c1-5(4-13)16-6-2-3-7(17(12,14)15)9(11)8(6)10/h2-3,5H,1H3. The Morgan fingerprint density at radius 3 is 2.41 bits per heavy atom. The third-order valence-corrected chi connectivity index (χ3v) is 4.10. The van der Waals surface area contributed by atoms with E-state index in [9.17, 15) is 8.42 Å². The molecule has 0 amide bonds. The molecule has 1 aromatic rings. The molecule has 0 spiro atoms. The number of hydrogen-bond donors (Lipinski definition) is 0. The van der Waals surface area contributed by atoms with E-state index in [0.717, 1.165) is 6.07 Å². The summed E-state index contributed by atoms with van der Waals surface area (Å²) in [7, 11) is 1.19. The van der Waals surface area contributed by atoms with Crippen molar-refractivity contribution in [2.24, 2.45) is 0 Å². The molecule has 4 nitrogen and oxygen atoms in total. The van der Waals surface area contributed by atoms with Crippen molar-refractivity contribution in [3.63, 3.8) is 0 Å². The first-order valence-electron chi connectivity index (χ1n) is 4.26.